The van der Waals surface area contributed by atoms with E-state index in [0.29, 0.717) is 23.1 Å². The summed E-state index contributed by atoms with van der Waals surface area (Å²) < 4.78 is 43.9. The molecule has 3 rings (SSSR count). The fraction of sp³-hybridized carbons (Fsp3) is 0.286. The predicted octanol–water partition coefficient (Wildman–Crippen LogP) is 5.83. The molecule has 33 heavy (non-hydrogen) atoms. The van der Waals surface area contributed by atoms with Gasteiger partial charge in [0, 0.05) is 12.0 Å². The van der Waals surface area contributed by atoms with Gasteiger partial charge in [-0.05, 0) is 30.7 Å². The Bertz CT molecular complexity index is 1190. The zero-order chi connectivity index (χ0) is 24.3. The lowest BCUT2D eigenvalue weighted by Gasteiger charge is -2.12. The van der Waals surface area contributed by atoms with Gasteiger partial charge in [0.25, 0.3) is 11.6 Å². The second kappa shape index (κ2) is 9.61. The van der Waals surface area contributed by atoms with Gasteiger partial charge in [0.1, 0.15) is 0 Å². The van der Waals surface area contributed by atoms with Crippen molar-refractivity contribution in [2.45, 2.75) is 37.8 Å². The van der Waals surface area contributed by atoms with Crippen molar-refractivity contribution in [2.75, 3.05) is 11.1 Å². The first-order chi connectivity index (χ1) is 15.5. The number of nitro groups is 1. The lowest BCUT2D eigenvalue weighted by molar-refractivity contribution is -0.388. The molecule has 0 saturated heterocycles. The third-order valence-corrected chi connectivity index (χ3v) is 5.63. The van der Waals surface area contributed by atoms with E-state index in [1.807, 2.05) is 13.8 Å². The van der Waals surface area contributed by atoms with Crippen LogP contribution < -0.4 is 5.32 Å². The molecule has 0 aliphatic rings. The van der Waals surface area contributed by atoms with Crippen molar-refractivity contribution < 1.29 is 27.4 Å². The molecule has 0 fully saturated rings. The summed E-state index contributed by atoms with van der Waals surface area (Å²) in [6.07, 6.45) is -4.71. The molecule has 174 valence electrons. The normalized spacial score (nSPS) is 11.6. The number of rotatable bonds is 7. The van der Waals surface area contributed by atoms with Gasteiger partial charge in [-0.1, -0.05) is 31.1 Å². The lowest BCUT2D eigenvalue weighted by Crippen LogP contribution is -2.16. The number of anilines is 1. The first-order valence-corrected chi connectivity index (χ1v) is 10.7. The van der Waals surface area contributed by atoms with Gasteiger partial charge in [-0.2, -0.15) is 18.2 Å². The molecule has 12 heteroatoms. The highest BCUT2D eigenvalue weighted by Crippen LogP contribution is 2.37. The van der Waals surface area contributed by atoms with Gasteiger partial charge < -0.3 is 9.84 Å². The highest BCUT2D eigenvalue weighted by Gasteiger charge is 2.33. The average molecular weight is 480 g/mol. The number of aryl methyl sites for hydroxylation is 1. The van der Waals surface area contributed by atoms with E-state index in [2.05, 4.69) is 15.5 Å². The maximum atomic E-state index is 12.9. The second-order valence-corrected chi connectivity index (χ2v) is 8.40. The number of alkyl halides is 3. The monoisotopic (exact) mass is 480 g/mol. The third kappa shape index (κ3) is 5.69. The van der Waals surface area contributed by atoms with Gasteiger partial charge in [0.05, 0.1) is 32.4 Å². The van der Waals surface area contributed by atoms with Gasteiger partial charge in [-0.15, -0.1) is 11.8 Å². The SMILES string of the molecule is Cc1cccc(-c2nc(C(C)C)no2)c1NC(=O)CSc1ccc(C(F)(F)F)cc1[N+](=O)[O-]. The zero-order valence-electron chi connectivity index (χ0n) is 17.8. The molecule has 8 nitrogen and oxygen atoms in total. The Morgan fingerprint density at radius 1 is 1.27 bits per heavy atom. The lowest BCUT2D eigenvalue weighted by atomic mass is 10.1. The molecule has 0 saturated carbocycles. The van der Waals surface area contributed by atoms with Crippen LogP contribution in [-0.2, 0) is 11.0 Å². The summed E-state index contributed by atoms with van der Waals surface area (Å²) in [7, 11) is 0. The number of carbonyl (C=O) groups is 1. The summed E-state index contributed by atoms with van der Waals surface area (Å²) in [4.78, 5) is 27.2. The van der Waals surface area contributed by atoms with E-state index in [1.54, 1.807) is 25.1 Å². The van der Waals surface area contributed by atoms with Gasteiger partial charge in [-0.25, -0.2) is 0 Å². The first-order valence-electron chi connectivity index (χ1n) is 9.69. The third-order valence-electron chi connectivity index (χ3n) is 4.57. The summed E-state index contributed by atoms with van der Waals surface area (Å²) in [5.41, 5.74) is -0.188. The van der Waals surface area contributed by atoms with Crippen molar-refractivity contribution >= 4 is 29.0 Å². The number of hydrogen-bond acceptors (Lipinski definition) is 7. The molecule has 0 bridgehead atoms. The second-order valence-electron chi connectivity index (χ2n) is 7.38. The van der Waals surface area contributed by atoms with E-state index >= 15 is 0 Å². The van der Waals surface area contributed by atoms with Crippen LogP contribution in [0, 0.1) is 17.0 Å². The standard InChI is InChI=1S/C21H19F3N4O4S/c1-11(2)19-26-20(32-27-19)14-6-4-5-12(3)18(14)25-17(29)10-33-16-8-7-13(21(22,23)24)9-15(16)28(30)31/h4-9,11H,10H2,1-3H3,(H,25,29). The van der Waals surface area contributed by atoms with Crippen molar-refractivity contribution in [3.8, 4) is 11.5 Å². The van der Waals surface area contributed by atoms with E-state index in [4.69, 9.17) is 4.52 Å². The van der Waals surface area contributed by atoms with E-state index < -0.39 is 28.3 Å². The molecular weight excluding hydrogens is 461 g/mol. The Hall–Kier alpha value is -3.41. The zero-order valence-corrected chi connectivity index (χ0v) is 18.6. The number of carbonyl (C=O) groups excluding carboxylic acids is 1. The van der Waals surface area contributed by atoms with E-state index in [1.165, 1.54) is 0 Å². The number of thioether (sulfide) groups is 1. The Balaban J connectivity index is 1.79. The molecule has 0 aliphatic heterocycles. The van der Waals surface area contributed by atoms with Crippen LogP contribution in [0.1, 0.15) is 36.7 Å². The molecule has 0 atom stereocenters. The number of hydrogen-bond donors (Lipinski definition) is 1. The summed E-state index contributed by atoms with van der Waals surface area (Å²) in [6.45, 7) is 5.59. The quantitative estimate of drug-likeness (QED) is 0.257. The number of aromatic nitrogens is 2. The van der Waals surface area contributed by atoms with Crippen LogP contribution in [0.25, 0.3) is 11.5 Å². The van der Waals surface area contributed by atoms with E-state index in [9.17, 15) is 28.1 Å². The van der Waals surface area contributed by atoms with Crippen LogP contribution in [0.15, 0.2) is 45.8 Å². The van der Waals surface area contributed by atoms with Crippen LogP contribution in [0.2, 0.25) is 0 Å². The largest absolute Gasteiger partial charge is 0.416 e. The Morgan fingerprint density at radius 3 is 2.61 bits per heavy atom. The summed E-state index contributed by atoms with van der Waals surface area (Å²) in [5.74, 6) is 0.00781. The highest BCUT2D eigenvalue weighted by atomic mass is 32.2. The van der Waals surface area contributed by atoms with Crippen LogP contribution >= 0.6 is 11.8 Å². The number of nitrogens with one attached hydrogen (secondary N) is 1. The van der Waals surface area contributed by atoms with Crippen LogP contribution in [0.5, 0.6) is 0 Å². The number of para-hydroxylation sites is 1. The van der Waals surface area contributed by atoms with E-state index in [-0.39, 0.29) is 22.5 Å². The summed E-state index contributed by atoms with van der Waals surface area (Å²) in [6, 6.07) is 7.43. The van der Waals surface area contributed by atoms with Crippen molar-refractivity contribution in [1.82, 2.24) is 10.1 Å². The molecule has 3 aromatic rings. The fourth-order valence-corrected chi connectivity index (χ4v) is 3.67. The minimum absolute atomic E-state index is 0.0428. The number of amides is 1. The molecule has 0 spiro atoms. The number of halogens is 3. The van der Waals surface area contributed by atoms with Crippen molar-refractivity contribution in [1.29, 1.82) is 0 Å². The Morgan fingerprint density at radius 2 is 2.00 bits per heavy atom. The first kappa shape index (κ1) is 24.2. The number of benzene rings is 2. The van der Waals surface area contributed by atoms with Gasteiger partial charge in [0.2, 0.25) is 5.91 Å². The average Bonchev–Trinajstić information content (AvgIpc) is 3.23. The molecule has 0 radical (unpaired) electrons. The number of nitro benzene ring substituents is 1. The van der Waals surface area contributed by atoms with Crippen LogP contribution in [-0.4, -0.2) is 26.7 Å². The molecule has 1 amide bonds. The molecule has 1 aromatic heterocycles. The summed E-state index contributed by atoms with van der Waals surface area (Å²) >= 11 is 0.765. The minimum atomic E-state index is -4.71. The molecule has 2 aromatic carbocycles. The Kier molecular flexibility index (Phi) is 7.06. The highest BCUT2D eigenvalue weighted by molar-refractivity contribution is 8.00. The van der Waals surface area contributed by atoms with Crippen LogP contribution in [0.4, 0.5) is 24.5 Å². The minimum Gasteiger partial charge on any atom is -0.334 e. The predicted molar refractivity (Wildman–Crippen MR) is 116 cm³/mol. The van der Waals surface area contributed by atoms with Crippen molar-refractivity contribution in [3.63, 3.8) is 0 Å². The van der Waals surface area contributed by atoms with Crippen molar-refractivity contribution in [3.05, 3.63) is 63.5 Å². The van der Waals surface area contributed by atoms with Crippen molar-refractivity contribution in [2.24, 2.45) is 0 Å². The Labute approximate surface area is 190 Å². The molecule has 1 heterocycles. The fourth-order valence-electron chi connectivity index (χ4n) is 2.87. The van der Waals surface area contributed by atoms with Crippen LogP contribution in [0.3, 0.4) is 0 Å². The summed E-state index contributed by atoms with van der Waals surface area (Å²) in [5, 5.41) is 17.9. The van der Waals surface area contributed by atoms with Gasteiger partial charge in [-0.3, -0.25) is 14.9 Å². The molecule has 0 unspecified atom stereocenters. The van der Waals surface area contributed by atoms with E-state index in [0.717, 1.165) is 29.5 Å². The van der Waals surface area contributed by atoms with Gasteiger partial charge >= 0.3 is 6.18 Å². The number of nitrogens with zero attached hydrogens (tertiary/aromatic N) is 3. The topological polar surface area (TPSA) is 111 Å². The molecule has 0 aliphatic carbocycles. The maximum Gasteiger partial charge on any atom is 0.416 e. The molecular formula is C21H19F3N4O4S. The smallest absolute Gasteiger partial charge is 0.334 e. The maximum absolute atomic E-state index is 12.9. The molecule has 1 N–H and O–H groups in total. The van der Waals surface area contributed by atoms with Gasteiger partial charge in [0.15, 0.2) is 5.82 Å².